The van der Waals surface area contributed by atoms with Crippen molar-refractivity contribution in [1.29, 1.82) is 0 Å². The van der Waals surface area contributed by atoms with E-state index in [4.69, 9.17) is 9.47 Å². The molecular formula is C28H36O5. The number of hydrogen-bond donors (Lipinski definition) is 0. The molecule has 178 valence electrons. The topological polar surface area (TPSA) is 69.7 Å². The molecule has 6 aliphatic rings. The first-order chi connectivity index (χ1) is 15.7. The average Bonchev–Trinajstić information content (AvgIpc) is 3.31. The molecule has 0 bridgehead atoms. The number of fused-ring (bicyclic) bond motifs is 4. The Morgan fingerprint density at radius 1 is 0.879 bits per heavy atom. The van der Waals surface area contributed by atoms with E-state index in [9.17, 15) is 14.4 Å². The molecule has 0 amide bonds. The molecule has 5 fully saturated rings. The van der Waals surface area contributed by atoms with Gasteiger partial charge in [0.05, 0.1) is 11.3 Å². The summed E-state index contributed by atoms with van der Waals surface area (Å²) in [7, 11) is 0. The molecule has 2 heterocycles. The number of hydrogen-bond acceptors (Lipinski definition) is 5. The van der Waals surface area contributed by atoms with E-state index in [1.165, 1.54) is 5.57 Å². The number of ether oxygens (including phenoxy) is 2. The van der Waals surface area contributed by atoms with Crippen LogP contribution >= 0.6 is 0 Å². The van der Waals surface area contributed by atoms with Gasteiger partial charge in [0.25, 0.3) is 0 Å². The summed E-state index contributed by atoms with van der Waals surface area (Å²) in [5, 5.41) is 0. The second kappa shape index (κ2) is 7.05. The number of cyclic esters (lactones) is 2. The molecule has 5 heteroatoms. The van der Waals surface area contributed by atoms with Gasteiger partial charge < -0.3 is 9.47 Å². The van der Waals surface area contributed by atoms with Crippen molar-refractivity contribution in [3.05, 3.63) is 23.8 Å². The fraction of sp³-hybridized carbons (Fsp3) is 0.750. The molecule has 2 saturated heterocycles. The van der Waals surface area contributed by atoms with E-state index in [0.29, 0.717) is 23.7 Å². The van der Waals surface area contributed by atoms with E-state index in [0.717, 1.165) is 38.5 Å². The Morgan fingerprint density at radius 3 is 2.33 bits per heavy atom. The molecule has 2 aliphatic heterocycles. The van der Waals surface area contributed by atoms with Gasteiger partial charge in [-0.25, -0.2) is 0 Å². The van der Waals surface area contributed by atoms with Gasteiger partial charge in [0.1, 0.15) is 12.2 Å². The summed E-state index contributed by atoms with van der Waals surface area (Å²) in [6, 6.07) is 0. The fourth-order valence-electron chi connectivity index (χ4n) is 9.20. The highest BCUT2D eigenvalue weighted by Crippen LogP contribution is 2.69. The molecule has 6 rings (SSSR count). The Kier molecular flexibility index (Phi) is 4.62. The van der Waals surface area contributed by atoms with Gasteiger partial charge in [0.2, 0.25) is 0 Å². The maximum absolute atomic E-state index is 13.9. The number of carbonyl (C=O) groups is 3. The van der Waals surface area contributed by atoms with Crippen molar-refractivity contribution in [2.75, 3.05) is 0 Å². The molecule has 4 aliphatic carbocycles. The maximum atomic E-state index is 13.9. The molecule has 1 spiro atoms. The van der Waals surface area contributed by atoms with E-state index in [-0.39, 0.29) is 58.5 Å². The van der Waals surface area contributed by atoms with Crippen LogP contribution in [0.1, 0.15) is 66.2 Å². The molecule has 0 unspecified atom stereocenters. The second-order valence-corrected chi connectivity index (χ2v) is 12.1. The van der Waals surface area contributed by atoms with Crippen molar-refractivity contribution in [3.63, 3.8) is 0 Å². The molecule has 33 heavy (non-hydrogen) atoms. The minimum absolute atomic E-state index is 0.0276. The third-order valence-corrected chi connectivity index (χ3v) is 11.2. The van der Waals surface area contributed by atoms with Gasteiger partial charge in [-0.2, -0.15) is 0 Å². The molecule has 5 nitrogen and oxygen atoms in total. The van der Waals surface area contributed by atoms with Crippen LogP contribution in [0.3, 0.4) is 0 Å². The summed E-state index contributed by atoms with van der Waals surface area (Å²) in [5.41, 5.74) is 0.834. The maximum Gasteiger partial charge on any atom is 0.313 e. The minimum Gasteiger partial charge on any atom is -0.458 e. The normalized spacial score (nSPS) is 52.8. The van der Waals surface area contributed by atoms with Crippen LogP contribution in [-0.2, 0) is 23.9 Å². The molecule has 0 aromatic carbocycles. The van der Waals surface area contributed by atoms with Gasteiger partial charge in [-0.3, -0.25) is 14.4 Å². The monoisotopic (exact) mass is 452 g/mol. The van der Waals surface area contributed by atoms with Crippen molar-refractivity contribution in [1.82, 2.24) is 0 Å². The van der Waals surface area contributed by atoms with Crippen molar-refractivity contribution >= 4 is 17.7 Å². The number of allylic oxidation sites excluding steroid dienone is 4. The van der Waals surface area contributed by atoms with Crippen molar-refractivity contribution < 1.29 is 23.9 Å². The van der Waals surface area contributed by atoms with E-state index >= 15 is 0 Å². The predicted octanol–water partition coefficient (Wildman–Crippen LogP) is 4.65. The van der Waals surface area contributed by atoms with E-state index < -0.39 is 0 Å². The summed E-state index contributed by atoms with van der Waals surface area (Å²) in [4.78, 5) is 38.1. The lowest BCUT2D eigenvalue weighted by molar-refractivity contribution is -0.211. The second-order valence-electron chi connectivity index (χ2n) is 12.1. The van der Waals surface area contributed by atoms with Gasteiger partial charge in [0, 0.05) is 17.3 Å². The van der Waals surface area contributed by atoms with E-state index in [1.807, 2.05) is 19.9 Å². The number of esters is 2. The lowest BCUT2D eigenvalue weighted by atomic mass is 9.46. The van der Waals surface area contributed by atoms with Crippen molar-refractivity contribution in [3.8, 4) is 0 Å². The van der Waals surface area contributed by atoms with Crippen molar-refractivity contribution in [2.24, 2.45) is 52.3 Å². The zero-order valence-corrected chi connectivity index (χ0v) is 20.2. The number of ketones is 1. The molecule has 0 radical (unpaired) electrons. The summed E-state index contributed by atoms with van der Waals surface area (Å²) in [5.74, 6) is 1.64. The highest BCUT2D eigenvalue weighted by atomic mass is 16.6. The van der Waals surface area contributed by atoms with Crippen LogP contribution in [0.25, 0.3) is 0 Å². The zero-order chi connectivity index (χ0) is 23.3. The predicted molar refractivity (Wildman–Crippen MR) is 122 cm³/mol. The molecule has 3 saturated carbocycles. The van der Waals surface area contributed by atoms with Gasteiger partial charge in [0.15, 0.2) is 5.78 Å². The SMILES string of the molecule is C[C@@H]1[C@H]([C@H]2OC(=O)[C@]34CC[C@H]5[C@@H](CCC6=CC(=O)C=C[C@@]65C)[C@@H]3CC[C@@H]4[C@@H]2C)OC(=O)[C@H]1C. The Hall–Kier alpha value is -1.91. The molecule has 11 atom stereocenters. The van der Waals surface area contributed by atoms with Crippen LogP contribution in [0.4, 0.5) is 0 Å². The summed E-state index contributed by atoms with van der Waals surface area (Å²) < 4.78 is 12.0. The first-order valence-corrected chi connectivity index (χ1v) is 13.0. The Bertz CT molecular complexity index is 979. The molecule has 0 N–H and O–H groups in total. The number of carbonyl (C=O) groups excluding carboxylic acids is 3. The van der Waals surface area contributed by atoms with Crippen molar-refractivity contribution in [2.45, 2.75) is 78.4 Å². The van der Waals surface area contributed by atoms with Gasteiger partial charge in [-0.1, -0.05) is 39.3 Å². The van der Waals surface area contributed by atoms with Gasteiger partial charge in [-0.15, -0.1) is 0 Å². The summed E-state index contributed by atoms with van der Waals surface area (Å²) in [6.45, 7) is 8.48. The Morgan fingerprint density at radius 2 is 1.61 bits per heavy atom. The molecule has 0 aromatic heterocycles. The Balaban J connectivity index is 1.30. The van der Waals surface area contributed by atoms with Crippen LogP contribution in [0.15, 0.2) is 23.8 Å². The smallest absolute Gasteiger partial charge is 0.313 e. The van der Waals surface area contributed by atoms with E-state index in [1.54, 1.807) is 6.08 Å². The molecule has 0 aromatic rings. The average molecular weight is 453 g/mol. The standard InChI is InChI=1S/C28H36O5/c1-14-15(2)25(30)32-23(14)24-16(3)20-7-8-22-19-6-5-17-13-18(29)9-11-27(17,4)21(19)10-12-28(20,22)26(31)33-24/h9,11,13-16,19-24H,5-8,10,12H2,1-4H3/t14-,15-,16-,19+,20+,21-,22-,23+,24-,27-,28-/m0/s1. The van der Waals surface area contributed by atoms with Crippen LogP contribution < -0.4 is 0 Å². The number of rotatable bonds is 1. The minimum atomic E-state index is -0.389. The molecular weight excluding hydrogens is 416 g/mol. The summed E-state index contributed by atoms with van der Waals surface area (Å²) >= 11 is 0. The zero-order valence-electron chi connectivity index (χ0n) is 20.2. The summed E-state index contributed by atoms with van der Waals surface area (Å²) in [6.07, 6.45) is 11.1. The highest BCUT2D eigenvalue weighted by molar-refractivity contribution is 6.01. The van der Waals surface area contributed by atoms with Gasteiger partial charge >= 0.3 is 11.9 Å². The lowest BCUT2D eigenvalue weighted by Gasteiger charge is -2.59. The third-order valence-electron chi connectivity index (χ3n) is 11.2. The third kappa shape index (κ3) is 2.68. The fourth-order valence-corrected chi connectivity index (χ4v) is 9.20. The van der Waals surface area contributed by atoms with E-state index in [2.05, 4.69) is 19.9 Å². The van der Waals surface area contributed by atoms with Crippen LogP contribution in [0.2, 0.25) is 0 Å². The van der Waals surface area contributed by atoms with Crippen LogP contribution in [0.5, 0.6) is 0 Å². The van der Waals surface area contributed by atoms with Gasteiger partial charge in [-0.05, 0) is 74.3 Å². The lowest BCUT2D eigenvalue weighted by Crippen LogP contribution is -2.60. The highest BCUT2D eigenvalue weighted by Gasteiger charge is 2.68. The first-order valence-electron chi connectivity index (χ1n) is 13.0. The largest absolute Gasteiger partial charge is 0.458 e. The Labute approximate surface area is 196 Å². The van der Waals surface area contributed by atoms with Crippen LogP contribution in [0, 0.1) is 52.3 Å². The van der Waals surface area contributed by atoms with Crippen LogP contribution in [-0.4, -0.2) is 29.9 Å². The quantitative estimate of drug-likeness (QED) is 0.542. The first kappa shape index (κ1) is 21.6.